The van der Waals surface area contributed by atoms with Crippen LogP contribution in [0.1, 0.15) is 104 Å². The molecule has 0 bridgehead atoms. The Bertz CT molecular complexity index is 1020. The normalized spacial score (nSPS) is 24.3. The summed E-state index contributed by atoms with van der Waals surface area (Å²) >= 11 is 0. The number of aliphatic hydroxyl groups is 5. The molecule has 274 valence electrons. The van der Waals surface area contributed by atoms with Crippen LogP contribution < -0.4 is 5.32 Å². The van der Waals surface area contributed by atoms with Crippen LogP contribution in [0.5, 0.6) is 0 Å². The number of amides is 1. The summed E-state index contributed by atoms with van der Waals surface area (Å²) in [5, 5.41) is 54.4. The van der Waals surface area contributed by atoms with Crippen LogP contribution in [0.3, 0.4) is 0 Å². The van der Waals surface area contributed by atoms with Gasteiger partial charge < -0.3 is 40.3 Å². The zero-order valence-electron chi connectivity index (χ0n) is 27.9. The van der Waals surface area contributed by atoms with E-state index in [2.05, 4.69) is 28.6 Å². The number of carbonyl (C=O) groups is 1. The van der Waals surface area contributed by atoms with Gasteiger partial charge in [-0.25, -0.2) is 4.18 Å². The molecule has 1 fully saturated rings. The first-order chi connectivity index (χ1) is 22.4. The number of rotatable bonds is 26. The highest BCUT2D eigenvalue weighted by molar-refractivity contribution is 7.80. The third kappa shape index (κ3) is 19.2. The van der Waals surface area contributed by atoms with Gasteiger partial charge in [-0.1, -0.05) is 101 Å². The molecule has 0 radical (unpaired) electrons. The van der Waals surface area contributed by atoms with Crippen molar-refractivity contribution in [1.29, 1.82) is 0 Å². The van der Waals surface area contributed by atoms with Crippen molar-refractivity contribution >= 4 is 16.3 Å². The number of ether oxygens (including phenoxy) is 2. The molecule has 14 heteroatoms. The average Bonchev–Trinajstić information content (AvgIpc) is 3.03. The molecule has 1 amide bonds. The highest BCUT2D eigenvalue weighted by Gasteiger charge is 2.48. The van der Waals surface area contributed by atoms with Gasteiger partial charge in [0, 0.05) is 0 Å². The van der Waals surface area contributed by atoms with E-state index in [0.29, 0.717) is 12.8 Å². The number of allylic oxidation sites excluding steroid dienone is 5. The molecule has 1 aliphatic rings. The van der Waals surface area contributed by atoms with Gasteiger partial charge in [-0.3, -0.25) is 9.35 Å². The summed E-state index contributed by atoms with van der Waals surface area (Å²) in [6.07, 6.45) is 13.1. The molecule has 8 unspecified atom stereocenters. The van der Waals surface area contributed by atoms with Gasteiger partial charge >= 0.3 is 10.4 Å². The Morgan fingerprint density at radius 1 is 0.894 bits per heavy atom. The average molecular weight is 694 g/mol. The molecule has 0 saturated carbocycles. The Balaban J connectivity index is 2.82. The zero-order valence-corrected chi connectivity index (χ0v) is 28.8. The number of aliphatic hydroxyl groups excluding tert-OH is 5. The van der Waals surface area contributed by atoms with Gasteiger partial charge in [0.2, 0.25) is 5.91 Å². The minimum absolute atomic E-state index is 0.233. The van der Waals surface area contributed by atoms with Crippen LogP contribution in [-0.4, -0.2) is 107 Å². The molecule has 1 rings (SSSR count). The van der Waals surface area contributed by atoms with E-state index in [4.69, 9.17) is 14.0 Å². The maximum atomic E-state index is 12.9. The number of nitrogens with one attached hydrogen (secondary N) is 1. The summed E-state index contributed by atoms with van der Waals surface area (Å²) in [7, 11) is -5.11. The molecule has 8 atom stereocenters. The maximum Gasteiger partial charge on any atom is 0.397 e. The summed E-state index contributed by atoms with van der Waals surface area (Å²) in [5.41, 5.74) is 0. The Hall–Kier alpha value is -1.72. The first-order valence-electron chi connectivity index (χ1n) is 16.9. The van der Waals surface area contributed by atoms with Crippen molar-refractivity contribution in [3.05, 3.63) is 36.5 Å². The second-order valence-corrected chi connectivity index (χ2v) is 12.9. The van der Waals surface area contributed by atoms with Crippen molar-refractivity contribution in [2.24, 2.45) is 0 Å². The predicted molar refractivity (Wildman–Crippen MR) is 177 cm³/mol. The van der Waals surface area contributed by atoms with Gasteiger partial charge in [0.25, 0.3) is 0 Å². The molecule has 1 heterocycles. The van der Waals surface area contributed by atoms with E-state index in [9.17, 15) is 38.7 Å². The minimum atomic E-state index is -5.11. The third-order valence-corrected chi connectivity index (χ3v) is 8.32. The van der Waals surface area contributed by atoms with Crippen molar-refractivity contribution in [2.45, 2.75) is 153 Å². The molecule has 0 aromatic heterocycles. The van der Waals surface area contributed by atoms with E-state index in [1.807, 2.05) is 19.1 Å². The molecule has 47 heavy (non-hydrogen) atoms. The van der Waals surface area contributed by atoms with Crippen molar-refractivity contribution in [2.75, 3.05) is 13.2 Å². The highest BCUT2D eigenvalue weighted by Crippen LogP contribution is 2.26. The van der Waals surface area contributed by atoms with Gasteiger partial charge in [0.1, 0.15) is 30.5 Å². The molecular formula is C33H59NO12S. The van der Waals surface area contributed by atoms with Gasteiger partial charge in [-0.15, -0.1) is 0 Å². The molecule has 0 aliphatic carbocycles. The molecule has 13 nitrogen and oxygen atoms in total. The fourth-order valence-electron chi connectivity index (χ4n) is 5.08. The first kappa shape index (κ1) is 43.3. The van der Waals surface area contributed by atoms with Crippen LogP contribution in [0.25, 0.3) is 0 Å². The molecule has 1 saturated heterocycles. The lowest BCUT2D eigenvalue weighted by Gasteiger charge is -2.41. The number of hydrogen-bond acceptors (Lipinski definition) is 11. The van der Waals surface area contributed by atoms with Crippen molar-refractivity contribution in [3.8, 4) is 0 Å². The molecular weight excluding hydrogens is 634 g/mol. The molecule has 0 spiro atoms. The quantitative estimate of drug-likeness (QED) is 0.0396. The SMILES string of the molecule is C/C=C/CC/C=C/CC/C=C/C(O)C(COC1OC(CO)C(O)C(OS(=O)(=O)O)C1O)NC(=O)C(O)CCCCCCCCCCC. The Morgan fingerprint density at radius 3 is 2.04 bits per heavy atom. The lowest BCUT2D eigenvalue weighted by molar-refractivity contribution is -0.298. The fourth-order valence-corrected chi connectivity index (χ4v) is 5.59. The highest BCUT2D eigenvalue weighted by atomic mass is 32.3. The number of unbranched alkanes of at least 4 members (excludes halogenated alkanes) is 10. The largest absolute Gasteiger partial charge is 0.397 e. The predicted octanol–water partition coefficient (Wildman–Crippen LogP) is 3.01. The van der Waals surface area contributed by atoms with E-state index in [1.165, 1.54) is 38.2 Å². The van der Waals surface area contributed by atoms with Crippen LogP contribution >= 0.6 is 0 Å². The summed E-state index contributed by atoms with van der Waals surface area (Å²) in [6.45, 7) is 2.85. The molecule has 0 aromatic rings. The Kier molecular flexibility index (Phi) is 23.3. The smallest absolute Gasteiger partial charge is 0.394 e. The summed E-state index contributed by atoms with van der Waals surface area (Å²) in [5.74, 6) is -0.726. The first-order valence-corrected chi connectivity index (χ1v) is 18.3. The van der Waals surface area contributed by atoms with Crippen LogP contribution in [0.15, 0.2) is 36.5 Å². The van der Waals surface area contributed by atoms with Gasteiger partial charge in [-0.05, 0) is 39.0 Å². The van der Waals surface area contributed by atoms with E-state index in [-0.39, 0.29) is 6.42 Å². The van der Waals surface area contributed by atoms with E-state index in [0.717, 1.165) is 38.5 Å². The Morgan fingerprint density at radius 2 is 1.47 bits per heavy atom. The fraction of sp³-hybridized carbons (Fsp3) is 0.788. The lowest BCUT2D eigenvalue weighted by Crippen LogP contribution is -2.61. The zero-order chi connectivity index (χ0) is 35.1. The van der Waals surface area contributed by atoms with Gasteiger partial charge in [-0.2, -0.15) is 8.42 Å². The van der Waals surface area contributed by atoms with Crippen LogP contribution in [0.4, 0.5) is 0 Å². The molecule has 1 aliphatic heterocycles. The van der Waals surface area contributed by atoms with Crippen LogP contribution in [0, 0.1) is 0 Å². The Labute approximate surface area is 280 Å². The van der Waals surface area contributed by atoms with Crippen molar-refractivity contribution in [3.63, 3.8) is 0 Å². The number of carbonyl (C=O) groups excluding carboxylic acids is 1. The summed E-state index contributed by atoms with van der Waals surface area (Å²) in [4.78, 5) is 12.9. The van der Waals surface area contributed by atoms with Crippen molar-refractivity contribution in [1.82, 2.24) is 5.32 Å². The van der Waals surface area contributed by atoms with E-state index >= 15 is 0 Å². The second-order valence-electron chi connectivity index (χ2n) is 11.9. The van der Waals surface area contributed by atoms with Gasteiger partial charge in [0.15, 0.2) is 6.29 Å². The topological polar surface area (TPSA) is 212 Å². The monoisotopic (exact) mass is 693 g/mol. The van der Waals surface area contributed by atoms with E-state index < -0.39 is 78.5 Å². The van der Waals surface area contributed by atoms with Gasteiger partial charge in [0.05, 0.1) is 25.4 Å². The standard InChI is InChI=1S/C33H59NO12S/c1-3-5-7-9-11-13-15-17-19-21-26(36)25(34-32(40)27(37)22-20-18-16-14-12-10-8-6-4-2)24-44-33-30(39)31(46-47(41,42)43)29(38)28(23-35)45-33/h3,5,11,13,19,21,25-31,33,35-39H,4,6-10,12,14-18,20,22-24H2,1-2H3,(H,34,40)(H,41,42,43)/b5-3+,13-11+,21-19+. The summed E-state index contributed by atoms with van der Waals surface area (Å²) < 4.78 is 47.0. The third-order valence-electron chi connectivity index (χ3n) is 7.85. The van der Waals surface area contributed by atoms with Crippen LogP contribution in [-0.2, 0) is 28.9 Å². The molecule has 7 N–H and O–H groups in total. The lowest BCUT2D eigenvalue weighted by atomic mass is 9.99. The minimum Gasteiger partial charge on any atom is -0.394 e. The second kappa shape index (κ2) is 25.3. The number of hydrogen-bond donors (Lipinski definition) is 7. The van der Waals surface area contributed by atoms with Crippen molar-refractivity contribution < 1.29 is 57.0 Å². The summed E-state index contributed by atoms with van der Waals surface area (Å²) in [6, 6.07) is -1.14. The maximum absolute atomic E-state index is 12.9. The molecule has 0 aromatic carbocycles. The van der Waals surface area contributed by atoms with E-state index in [1.54, 1.807) is 6.08 Å². The van der Waals surface area contributed by atoms with Crippen LogP contribution in [0.2, 0.25) is 0 Å².